The minimum atomic E-state index is -1.17. The smallest absolute Gasteiger partial charge is 0.161 e. The Kier molecular flexibility index (Phi) is 5.05. The van der Waals surface area contributed by atoms with E-state index in [1.54, 1.807) is 0 Å². The van der Waals surface area contributed by atoms with E-state index in [9.17, 15) is 13.2 Å². The van der Waals surface area contributed by atoms with E-state index in [-0.39, 0.29) is 12.1 Å². The fourth-order valence-electron chi connectivity index (χ4n) is 3.07. The van der Waals surface area contributed by atoms with Crippen molar-refractivity contribution < 1.29 is 13.2 Å². The van der Waals surface area contributed by atoms with Crippen LogP contribution in [-0.4, -0.2) is 25.0 Å². The zero-order chi connectivity index (χ0) is 14.7. The highest BCUT2D eigenvalue weighted by atomic mass is 19.2. The Morgan fingerprint density at radius 1 is 1.15 bits per heavy atom. The Balaban J connectivity index is 2.16. The van der Waals surface area contributed by atoms with Crippen molar-refractivity contribution in [2.75, 3.05) is 20.1 Å². The fraction of sp³-hybridized carbons (Fsp3) is 0.600. The lowest BCUT2D eigenvalue weighted by molar-refractivity contribution is 0.208. The normalized spacial score (nSPS) is 17.9. The van der Waals surface area contributed by atoms with Gasteiger partial charge in [-0.05, 0) is 31.9 Å². The molecule has 0 bridgehead atoms. The summed E-state index contributed by atoms with van der Waals surface area (Å²) in [5.74, 6) is -2.35. The summed E-state index contributed by atoms with van der Waals surface area (Å²) in [5.41, 5.74) is 5.84. The van der Waals surface area contributed by atoms with Gasteiger partial charge in [0.15, 0.2) is 11.6 Å². The molecular formula is C15H21F3N2. The number of hydrogen-bond donors (Lipinski definition) is 1. The zero-order valence-electron chi connectivity index (χ0n) is 11.7. The van der Waals surface area contributed by atoms with Gasteiger partial charge >= 0.3 is 0 Å². The van der Waals surface area contributed by atoms with E-state index in [1.807, 2.05) is 11.9 Å². The van der Waals surface area contributed by atoms with Crippen LogP contribution < -0.4 is 5.73 Å². The standard InChI is InChI=1S/C15H21F3N2/c1-20(9-10-4-2-3-5-10)15(8-19)11-6-13(17)14(18)7-12(11)16/h6-7,10,15H,2-5,8-9,19H2,1H3. The molecular weight excluding hydrogens is 265 g/mol. The van der Waals surface area contributed by atoms with E-state index >= 15 is 0 Å². The molecule has 5 heteroatoms. The molecule has 1 aromatic carbocycles. The summed E-state index contributed by atoms with van der Waals surface area (Å²) in [6, 6.07) is 1.09. The first-order chi connectivity index (χ1) is 9.52. The Morgan fingerprint density at radius 2 is 1.75 bits per heavy atom. The van der Waals surface area contributed by atoms with Crippen molar-refractivity contribution in [2.45, 2.75) is 31.7 Å². The summed E-state index contributed by atoms with van der Waals surface area (Å²) in [6.45, 7) is 0.978. The maximum atomic E-state index is 13.9. The molecule has 112 valence electrons. The van der Waals surface area contributed by atoms with Gasteiger partial charge in [0.05, 0.1) is 0 Å². The van der Waals surface area contributed by atoms with Gasteiger partial charge < -0.3 is 5.73 Å². The van der Waals surface area contributed by atoms with Crippen LogP contribution in [0.4, 0.5) is 13.2 Å². The van der Waals surface area contributed by atoms with Gasteiger partial charge in [-0.3, -0.25) is 4.90 Å². The monoisotopic (exact) mass is 286 g/mol. The number of nitrogens with two attached hydrogens (primary N) is 1. The molecule has 1 aromatic rings. The molecule has 0 aliphatic heterocycles. The van der Waals surface area contributed by atoms with Crippen LogP contribution in [-0.2, 0) is 0 Å². The van der Waals surface area contributed by atoms with E-state index in [0.717, 1.165) is 12.6 Å². The third kappa shape index (κ3) is 3.33. The minimum absolute atomic E-state index is 0.131. The lowest BCUT2D eigenvalue weighted by atomic mass is 10.0. The van der Waals surface area contributed by atoms with Crippen LogP contribution in [0.2, 0.25) is 0 Å². The van der Waals surface area contributed by atoms with Gasteiger partial charge in [0.2, 0.25) is 0 Å². The minimum Gasteiger partial charge on any atom is -0.329 e. The summed E-state index contributed by atoms with van der Waals surface area (Å²) < 4.78 is 40.2. The zero-order valence-corrected chi connectivity index (χ0v) is 11.7. The SMILES string of the molecule is CN(CC1CCCC1)C(CN)c1cc(F)c(F)cc1F. The Morgan fingerprint density at radius 3 is 2.35 bits per heavy atom. The lowest BCUT2D eigenvalue weighted by Crippen LogP contribution is -2.34. The van der Waals surface area contributed by atoms with Crippen molar-refractivity contribution in [3.8, 4) is 0 Å². The molecule has 0 spiro atoms. The fourth-order valence-corrected chi connectivity index (χ4v) is 3.07. The predicted octanol–water partition coefficient (Wildman–Crippen LogP) is 3.23. The van der Waals surface area contributed by atoms with Gasteiger partial charge in [0.25, 0.3) is 0 Å². The third-order valence-corrected chi connectivity index (χ3v) is 4.17. The van der Waals surface area contributed by atoms with Crippen LogP contribution in [0.1, 0.15) is 37.3 Å². The number of benzene rings is 1. The first kappa shape index (κ1) is 15.3. The molecule has 0 radical (unpaired) electrons. The van der Waals surface area contributed by atoms with E-state index in [1.165, 1.54) is 25.7 Å². The first-order valence-corrected chi connectivity index (χ1v) is 7.07. The highest BCUT2D eigenvalue weighted by molar-refractivity contribution is 5.24. The van der Waals surface area contributed by atoms with Crippen LogP contribution in [0.5, 0.6) is 0 Å². The van der Waals surface area contributed by atoms with Crippen LogP contribution in [0.3, 0.4) is 0 Å². The molecule has 2 N–H and O–H groups in total. The second-order valence-corrected chi connectivity index (χ2v) is 5.63. The van der Waals surface area contributed by atoms with Crippen molar-refractivity contribution in [1.82, 2.24) is 4.90 Å². The number of rotatable bonds is 5. The largest absolute Gasteiger partial charge is 0.329 e. The van der Waals surface area contributed by atoms with Crippen molar-refractivity contribution in [1.29, 1.82) is 0 Å². The average Bonchev–Trinajstić information content (AvgIpc) is 2.89. The summed E-state index contributed by atoms with van der Waals surface area (Å²) in [7, 11) is 1.86. The van der Waals surface area contributed by atoms with Crippen LogP contribution in [0, 0.1) is 23.4 Å². The quantitative estimate of drug-likeness (QED) is 0.842. The van der Waals surface area contributed by atoms with Crippen molar-refractivity contribution in [2.24, 2.45) is 11.7 Å². The molecule has 0 heterocycles. The molecule has 1 fully saturated rings. The Labute approximate surface area is 117 Å². The molecule has 0 aromatic heterocycles. The van der Waals surface area contributed by atoms with Gasteiger partial charge in [0.1, 0.15) is 5.82 Å². The Hall–Kier alpha value is -1.07. The van der Waals surface area contributed by atoms with Crippen molar-refractivity contribution in [3.63, 3.8) is 0 Å². The molecule has 2 rings (SSSR count). The van der Waals surface area contributed by atoms with Crippen LogP contribution in [0.25, 0.3) is 0 Å². The van der Waals surface area contributed by atoms with Crippen molar-refractivity contribution >= 4 is 0 Å². The molecule has 1 atom stereocenters. The molecule has 0 saturated heterocycles. The van der Waals surface area contributed by atoms with E-state index in [0.29, 0.717) is 12.0 Å². The molecule has 0 amide bonds. The highest BCUT2D eigenvalue weighted by Gasteiger charge is 2.24. The first-order valence-electron chi connectivity index (χ1n) is 7.07. The number of likely N-dealkylation sites (N-methyl/N-ethyl adjacent to an activating group) is 1. The molecule has 20 heavy (non-hydrogen) atoms. The molecule has 1 aliphatic rings. The molecule has 1 unspecified atom stereocenters. The van der Waals surface area contributed by atoms with E-state index in [2.05, 4.69) is 0 Å². The number of halogens is 3. The maximum absolute atomic E-state index is 13.9. The van der Waals surface area contributed by atoms with Gasteiger partial charge in [0, 0.05) is 30.8 Å². The van der Waals surface area contributed by atoms with Gasteiger partial charge in [-0.1, -0.05) is 12.8 Å². The van der Waals surface area contributed by atoms with Crippen LogP contribution >= 0.6 is 0 Å². The second kappa shape index (κ2) is 6.59. The van der Waals surface area contributed by atoms with Crippen LogP contribution in [0.15, 0.2) is 12.1 Å². The van der Waals surface area contributed by atoms with E-state index < -0.39 is 23.5 Å². The van der Waals surface area contributed by atoms with Gasteiger partial charge in [-0.25, -0.2) is 13.2 Å². The Bertz CT molecular complexity index is 459. The average molecular weight is 286 g/mol. The predicted molar refractivity (Wildman–Crippen MR) is 72.7 cm³/mol. The summed E-state index contributed by atoms with van der Waals surface area (Å²) in [6.07, 6.45) is 4.79. The summed E-state index contributed by atoms with van der Waals surface area (Å²) in [4.78, 5) is 1.95. The topological polar surface area (TPSA) is 29.3 Å². The van der Waals surface area contributed by atoms with Gasteiger partial charge in [-0.15, -0.1) is 0 Å². The summed E-state index contributed by atoms with van der Waals surface area (Å²) >= 11 is 0. The third-order valence-electron chi connectivity index (χ3n) is 4.17. The van der Waals surface area contributed by atoms with Gasteiger partial charge in [-0.2, -0.15) is 0 Å². The molecule has 1 aliphatic carbocycles. The maximum Gasteiger partial charge on any atom is 0.161 e. The lowest BCUT2D eigenvalue weighted by Gasteiger charge is -2.30. The molecule has 2 nitrogen and oxygen atoms in total. The van der Waals surface area contributed by atoms with E-state index in [4.69, 9.17) is 5.73 Å². The highest BCUT2D eigenvalue weighted by Crippen LogP contribution is 2.29. The number of hydrogen-bond acceptors (Lipinski definition) is 2. The van der Waals surface area contributed by atoms with Crippen molar-refractivity contribution in [3.05, 3.63) is 35.1 Å². The summed E-state index contributed by atoms with van der Waals surface area (Å²) in [5, 5.41) is 0. The number of nitrogens with zero attached hydrogens (tertiary/aromatic N) is 1. The molecule has 1 saturated carbocycles. The second-order valence-electron chi connectivity index (χ2n) is 5.63.